The Bertz CT molecular complexity index is 1490. The van der Waals surface area contributed by atoms with Gasteiger partial charge in [0.2, 0.25) is 0 Å². The summed E-state index contributed by atoms with van der Waals surface area (Å²) in [5.41, 5.74) is -0.112. The molecule has 4 atom stereocenters. The molecule has 2 aromatic heterocycles. The summed E-state index contributed by atoms with van der Waals surface area (Å²) in [6, 6.07) is 11.8. The highest BCUT2D eigenvalue weighted by Crippen LogP contribution is 2.42. The second-order valence-electron chi connectivity index (χ2n) is 9.02. The Labute approximate surface area is 248 Å². The van der Waals surface area contributed by atoms with E-state index in [2.05, 4.69) is 9.97 Å². The van der Waals surface area contributed by atoms with Crippen LogP contribution in [0.3, 0.4) is 0 Å². The third-order valence-corrected chi connectivity index (χ3v) is 7.99. The molecule has 0 spiro atoms. The number of nitrogens with zero attached hydrogens (tertiary/aromatic N) is 3. The Hall–Kier alpha value is -1.69. The molecule has 2 N–H and O–H groups in total. The van der Waals surface area contributed by atoms with Gasteiger partial charge in [0.25, 0.3) is 0 Å². The van der Waals surface area contributed by atoms with Crippen LogP contribution in [0.4, 0.5) is 0 Å². The van der Waals surface area contributed by atoms with Gasteiger partial charge in [-0.15, -0.1) is 0 Å². The maximum absolute atomic E-state index is 11.8. The van der Waals surface area contributed by atoms with Gasteiger partial charge in [0.05, 0.1) is 31.8 Å². The fraction of sp³-hybridized carbons (Fsp3) is 0.308. The lowest BCUT2D eigenvalue weighted by molar-refractivity contribution is -0.148. The third-order valence-electron chi connectivity index (χ3n) is 6.52. The molecule has 0 unspecified atom stereocenters. The quantitative estimate of drug-likeness (QED) is 0.214. The maximum atomic E-state index is 11.8. The molecule has 1 fully saturated rings. The number of fused-ring (bicyclic) bond motifs is 1. The predicted molar refractivity (Wildman–Crippen MR) is 150 cm³/mol. The van der Waals surface area contributed by atoms with E-state index in [1.165, 1.54) is 6.33 Å². The van der Waals surface area contributed by atoms with Gasteiger partial charge in [0, 0.05) is 26.3 Å². The van der Waals surface area contributed by atoms with E-state index in [1.54, 1.807) is 53.2 Å². The smallest absolute Gasteiger partial charge is 0.169 e. The minimum atomic E-state index is -1.89. The summed E-state index contributed by atoms with van der Waals surface area (Å²) in [5.74, 6) is 0. The summed E-state index contributed by atoms with van der Waals surface area (Å²) in [7, 11) is 0. The number of benzene rings is 2. The Morgan fingerprint density at radius 2 is 1.59 bits per heavy atom. The van der Waals surface area contributed by atoms with Crippen molar-refractivity contribution < 1.29 is 24.4 Å². The van der Waals surface area contributed by atoms with Gasteiger partial charge in [0.15, 0.2) is 11.8 Å². The zero-order valence-electron chi connectivity index (χ0n) is 20.1. The Kier molecular flexibility index (Phi) is 8.90. The van der Waals surface area contributed by atoms with Crippen LogP contribution in [0.2, 0.25) is 25.2 Å². The van der Waals surface area contributed by atoms with E-state index in [-0.39, 0.29) is 25.0 Å². The summed E-state index contributed by atoms with van der Waals surface area (Å²) < 4.78 is 20.0. The monoisotopic (exact) mass is 631 g/mol. The summed E-state index contributed by atoms with van der Waals surface area (Å²) in [6.07, 6.45) is 0.0275. The zero-order chi connectivity index (χ0) is 27.7. The van der Waals surface area contributed by atoms with Crippen molar-refractivity contribution in [3.8, 4) is 0 Å². The average molecular weight is 634 g/mol. The minimum Gasteiger partial charge on any atom is -0.393 e. The van der Waals surface area contributed by atoms with Gasteiger partial charge in [-0.05, 0) is 41.5 Å². The van der Waals surface area contributed by atoms with Crippen LogP contribution in [0.25, 0.3) is 11.0 Å². The molecule has 1 saturated heterocycles. The summed E-state index contributed by atoms with van der Waals surface area (Å²) in [5, 5.41) is 25.0. The Balaban J connectivity index is 1.43. The van der Waals surface area contributed by atoms with E-state index in [0.29, 0.717) is 36.7 Å². The van der Waals surface area contributed by atoms with E-state index >= 15 is 0 Å². The fourth-order valence-corrected chi connectivity index (χ4v) is 5.66. The maximum Gasteiger partial charge on any atom is 0.169 e. The molecular formula is C26H22Cl5N3O5. The SMILES string of the molecule is OC[C@@]1(O)[C@H](OCc2ccc(Cl)cc2Cl)[C@@H](COCc2ccc(Cl)cc2Cl)O[C@H]1n1ccc2c(Cl)ncnc21. The third kappa shape index (κ3) is 5.87. The second-order valence-corrected chi connectivity index (χ2v) is 11.1. The number of aliphatic hydroxyl groups is 2. The van der Waals surface area contributed by atoms with Gasteiger partial charge in [-0.3, -0.25) is 0 Å². The number of halogens is 5. The number of aliphatic hydroxyl groups excluding tert-OH is 1. The first-order valence-corrected chi connectivity index (χ1v) is 13.6. The average Bonchev–Trinajstić information content (AvgIpc) is 3.45. The molecule has 4 aromatic rings. The minimum absolute atomic E-state index is 0.00568. The molecule has 1 aliphatic heterocycles. The zero-order valence-corrected chi connectivity index (χ0v) is 23.9. The number of hydrogen-bond acceptors (Lipinski definition) is 7. The normalized spacial score (nSPS) is 23.1. The van der Waals surface area contributed by atoms with Gasteiger partial charge in [-0.2, -0.15) is 0 Å². The molecule has 0 amide bonds. The lowest BCUT2D eigenvalue weighted by Gasteiger charge is -2.32. The molecule has 0 bridgehead atoms. The molecule has 0 saturated carbocycles. The van der Waals surface area contributed by atoms with Gasteiger partial charge >= 0.3 is 0 Å². The molecule has 5 rings (SSSR count). The number of ether oxygens (including phenoxy) is 3. The molecule has 8 nitrogen and oxygen atoms in total. The molecule has 3 heterocycles. The lowest BCUT2D eigenvalue weighted by atomic mass is 9.94. The van der Waals surface area contributed by atoms with Crippen LogP contribution in [0.15, 0.2) is 55.0 Å². The number of aromatic nitrogens is 3. The molecule has 39 heavy (non-hydrogen) atoms. The van der Waals surface area contributed by atoms with Crippen LogP contribution in [-0.2, 0) is 27.4 Å². The molecule has 206 valence electrons. The van der Waals surface area contributed by atoms with Gasteiger partial charge in [0.1, 0.15) is 29.3 Å². The van der Waals surface area contributed by atoms with Crippen LogP contribution in [0.5, 0.6) is 0 Å². The van der Waals surface area contributed by atoms with Crippen molar-refractivity contribution in [2.24, 2.45) is 0 Å². The van der Waals surface area contributed by atoms with Crippen LogP contribution < -0.4 is 0 Å². The highest BCUT2D eigenvalue weighted by molar-refractivity contribution is 6.35. The Morgan fingerprint density at radius 1 is 0.923 bits per heavy atom. The highest BCUT2D eigenvalue weighted by Gasteiger charge is 2.57. The van der Waals surface area contributed by atoms with E-state index < -0.39 is 30.6 Å². The van der Waals surface area contributed by atoms with Crippen LogP contribution in [-0.4, -0.2) is 55.8 Å². The van der Waals surface area contributed by atoms with E-state index in [1.807, 2.05) is 0 Å². The molecular weight excluding hydrogens is 612 g/mol. The fourth-order valence-electron chi connectivity index (χ4n) is 4.54. The van der Waals surface area contributed by atoms with Crippen molar-refractivity contribution in [2.45, 2.75) is 37.3 Å². The predicted octanol–water partition coefficient (Wildman–Crippen LogP) is 6.12. The molecule has 0 radical (unpaired) electrons. The topological polar surface area (TPSA) is 98.9 Å². The van der Waals surface area contributed by atoms with E-state index in [4.69, 9.17) is 72.2 Å². The van der Waals surface area contributed by atoms with Gasteiger partial charge in [-0.1, -0.05) is 70.1 Å². The Morgan fingerprint density at radius 3 is 2.23 bits per heavy atom. The first kappa shape index (κ1) is 28.8. The van der Waals surface area contributed by atoms with Crippen molar-refractivity contribution in [1.29, 1.82) is 0 Å². The first-order valence-electron chi connectivity index (χ1n) is 11.7. The first-order chi connectivity index (χ1) is 18.7. The van der Waals surface area contributed by atoms with Crippen LogP contribution in [0, 0.1) is 0 Å². The summed E-state index contributed by atoms with van der Waals surface area (Å²) in [4.78, 5) is 8.29. The van der Waals surface area contributed by atoms with E-state index in [0.717, 1.165) is 5.56 Å². The van der Waals surface area contributed by atoms with Crippen molar-refractivity contribution in [1.82, 2.24) is 14.5 Å². The van der Waals surface area contributed by atoms with Gasteiger partial charge in [-0.25, -0.2) is 9.97 Å². The van der Waals surface area contributed by atoms with Crippen LogP contribution >= 0.6 is 58.0 Å². The van der Waals surface area contributed by atoms with E-state index in [9.17, 15) is 10.2 Å². The summed E-state index contributed by atoms with van der Waals surface area (Å²) >= 11 is 30.9. The molecule has 1 aliphatic rings. The van der Waals surface area contributed by atoms with Crippen molar-refractivity contribution >= 4 is 69.0 Å². The lowest BCUT2D eigenvalue weighted by Crippen LogP contribution is -2.51. The second kappa shape index (κ2) is 12.0. The van der Waals surface area contributed by atoms with Gasteiger partial charge < -0.3 is 29.0 Å². The molecule has 0 aliphatic carbocycles. The number of hydrogen-bond donors (Lipinski definition) is 2. The largest absolute Gasteiger partial charge is 0.393 e. The molecule has 13 heteroatoms. The van der Waals surface area contributed by atoms with Crippen molar-refractivity contribution in [2.75, 3.05) is 13.2 Å². The number of rotatable bonds is 9. The molecule has 2 aromatic carbocycles. The standard InChI is InChI=1S/C26H22Cl5N3O5/c27-16-3-1-14(19(29)7-16)9-37-11-21-22(38-10-15-2-4-17(28)8-20(15)30)26(36,12-35)25(39-21)34-6-5-18-23(31)32-13-33-24(18)34/h1-8,13,21-22,25,35-36H,9-12H2/t21-,22-,25-,26-/m1/s1. The van der Waals surface area contributed by atoms with Crippen molar-refractivity contribution in [3.63, 3.8) is 0 Å². The van der Waals surface area contributed by atoms with Crippen molar-refractivity contribution in [3.05, 3.63) is 91.4 Å². The summed E-state index contributed by atoms with van der Waals surface area (Å²) in [6.45, 7) is -0.511. The highest BCUT2D eigenvalue weighted by atomic mass is 35.5. The van der Waals surface area contributed by atoms with Crippen LogP contribution in [0.1, 0.15) is 17.4 Å².